The molecule has 6 heteroatoms. The highest BCUT2D eigenvalue weighted by atomic mass is 16.7. The SMILES string of the molecule is CC(C)CC1(CC(c2cc(N)n3nccc3n2)C(C)C)OCCO1. The van der Waals surface area contributed by atoms with Gasteiger partial charge in [0.2, 0.25) is 0 Å². The average molecular weight is 332 g/mol. The fourth-order valence-electron chi connectivity index (χ4n) is 3.60. The van der Waals surface area contributed by atoms with E-state index >= 15 is 0 Å². The van der Waals surface area contributed by atoms with E-state index in [-0.39, 0.29) is 5.92 Å². The number of fused-ring (bicyclic) bond motifs is 1. The zero-order valence-corrected chi connectivity index (χ0v) is 15.0. The van der Waals surface area contributed by atoms with Gasteiger partial charge in [-0.25, -0.2) is 4.98 Å². The quantitative estimate of drug-likeness (QED) is 0.879. The highest BCUT2D eigenvalue weighted by Crippen LogP contribution is 2.40. The Morgan fingerprint density at radius 3 is 2.54 bits per heavy atom. The summed E-state index contributed by atoms with van der Waals surface area (Å²) in [7, 11) is 0. The summed E-state index contributed by atoms with van der Waals surface area (Å²) < 4.78 is 13.8. The maximum atomic E-state index is 6.16. The first-order valence-corrected chi connectivity index (χ1v) is 8.78. The molecular weight excluding hydrogens is 304 g/mol. The van der Waals surface area contributed by atoms with Gasteiger partial charge in [0.15, 0.2) is 11.4 Å². The van der Waals surface area contributed by atoms with E-state index in [2.05, 4.69) is 32.8 Å². The lowest BCUT2D eigenvalue weighted by molar-refractivity contribution is -0.178. The molecule has 2 N–H and O–H groups in total. The summed E-state index contributed by atoms with van der Waals surface area (Å²) in [6.45, 7) is 10.1. The Kier molecular flexibility index (Phi) is 4.78. The molecule has 2 aromatic heterocycles. The normalized spacial score (nSPS) is 18.8. The maximum Gasteiger partial charge on any atom is 0.169 e. The van der Waals surface area contributed by atoms with Crippen molar-refractivity contribution >= 4 is 11.5 Å². The number of hydrogen-bond acceptors (Lipinski definition) is 5. The third-order valence-corrected chi connectivity index (χ3v) is 4.66. The number of rotatable bonds is 6. The van der Waals surface area contributed by atoms with E-state index in [1.807, 2.05) is 12.1 Å². The highest BCUT2D eigenvalue weighted by Gasteiger charge is 2.40. The monoisotopic (exact) mass is 332 g/mol. The molecule has 1 aliphatic heterocycles. The van der Waals surface area contributed by atoms with Gasteiger partial charge in [0.1, 0.15) is 5.82 Å². The molecule has 3 heterocycles. The van der Waals surface area contributed by atoms with Gasteiger partial charge < -0.3 is 15.2 Å². The van der Waals surface area contributed by atoms with Crippen LogP contribution in [0.15, 0.2) is 18.3 Å². The van der Waals surface area contributed by atoms with Crippen molar-refractivity contribution in [2.45, 2.75) is 52.2 Å². The Balaban J connectivity index is 1.93. The Bertz CT molecular complexity index is 689. The first-order chi connectivity index (χ1) is 11.4. The van der Waals surface area contributed by atoms with Crippen LogP contribution in [0.3, 0.4) is 0 Å². The lowest BCUT2D eigenvalue weighted by atomic mass is 9.83. The van der Waals surface area contributed by atoms with Crippen molar-refractivity contribution in [3.8, 4) is 0 Å². The van der Waals surface area contributed by atoms with E-state index in [4.69, 9.17) is 20.2 Å². The molecule has 0 radical (unpaired) electrons. The van der Waals surface area contributed by atoms with Crippen molar-refractivity contribution in [3.63, 3.8) is 0 Å². The maximum absolute atomic E-state index is 6.16. The summed E-state index contributed by atoms with van der Waals surface area (Å²) >= 11 is 0. The van der Waals surface area contributed by atoms with Crippen molar-refractivity contribution in [1.29, 1.82) is 0 Å². The molecule has 0 spiro atoms. The van der Waals surface area contributed by atoms with Crippen molar-refractivity contribution in [3.05, 3.63) is 24.0 Å². The minimum Gasteiger partial charge on any atom is -0.384 e. The molecule has 132 valence electrons. The van der Waals surface area contributed by atoms with Gasteiger partial charge in [-0.1, -0.05) is 27.7 Å². The van der Waals surface area contributed by atoms with E-state index in [0.717, 1.165) is 24.2 Å². The van der Waals surface area contributed by atoms with E-state index in [9.17, 15) is 0 Å². The van der Waals surface area contributed by atoms with Crippen LogP contribution >= 0.6 is 0 Å². The fourth-order valence-corrected chi connectivity index (χ4v) is 3.60. The molecule has 1 aliphatic rings. The van der Waals surface area contributed by atoms with Crippen LogP contribution in [0.2, 0.25) is 0 Å². The van der Waals surface area contributed by atoms with Crippen LogP contribution in [0.4, 0.5) is 5.82 Å². The predicted octanol–water partition coefficient (Wildman–Crippen LogP) is 3.23. The van der Waals surface area contributed by atoms with Gasteiger partial charge in [-0.3, -0.25) is 0 Å². The predicted molar refractivity (Wildman–Crippen MR) is 93.7 cm³/mol. The molecule has 6 nitrogen and oxygen atoms in total. The van der Waals surface area contributed by atoms with Gasteiger partial charge >= 0.3 is 0 Å². The molecule has 1 fully saturated rings. The second-order valence-corrected chi connectivity index (χ2v) is 7.47. The summed E-state index contributed by atoms with van der Waals surface area (Å²) in [6, 6.07) is 3.81. The number of ether oxygens (including phenoxy) is 2. The number of hydrogen-bond donors (Lipinski definition) is 1. The Morgan fingerprint density at radius 1 is 1.21 bits per heavy atom. The van der Waals surface area contributed by atoms with Crippen LogP contribution < -0.4 is 5.73 Å². The summed E-state index contributed by atoms with van der Waals surface area (Å²) in [6.07, 6.45) is 3.40. The number of anilines is 1. The van der Waals surface area contributed by atoms with Crippen LogP contribution in [-0.2, 0) is 9.47 Å². The third kappa shape index (κ3) is 3.39. The number of nitrogens with zero attached hydrogens (tertiary/aromatic N) is 3. The molecule has 0 aromatic carbocycles. The molecule has 0 saturated carbocycles. The van der Waals surface area contributed by atoms with Crippen LogP contribution in [0, 0.1) is 11.8 Å². The summed E-state index contributed by atoms with van der Waals surface area (Å²) in [5.74, 6) is 1.22. The molecular formula is C18H28N4O2. The van der Waals surface area contributed by atoms with E-state index in [1.165, 1.54) is 0 Å². The standard InChI is InChI=1S/C18H28N4O2/c1-12(2)10-18(23-7-8-24-18)11-14(13(3)4)15-9-16(19)22-17(21-15)5-6-20-22/h5-6,9,12-14H,7-8,10-11,19H2,1-4H3. The third-order valence-electron chi connectivity index (χ3n) is 4.66. The molecule has 24 heavy (non-hydrogen) atoms. The zero-order valence-electron chi connectivity index (χ0n) is 15.0. The lowest BCUT2D eigenvalue weighted by Crippen LogP contribution is -2.35. The van der Waals surface area contributed by atoms with Crippen molar-refractivity contribution < 1.29 is 9.47 Å². The molecule has 1 saturated heterocycles. The van der Waals surface area contributed by atoms with Crippen LogP contribution in [0.5, 0.6) is 0 Å². The minimum absolute atomic E-state index is 0.212. The average Bonchev–Trinajstić information content (AvgIpc) is 3.13. The van der Waals surface area contributed by atoms with E-state index < -0.39 is 5.79 Å². The Morgan fingerprint density at radius 2 is 1.92 bits per heavy atom. The molecule has 1 atom stereocenters. The lowest BCUT2D eigenvalue weighted by Gasteiger charge is -2.34. The van der Waals surface area contributed by atoms with Gasteiger partial charge in [0.05, 0.1) is 25.1 Å². The number of nitrogens with two attached hydrogens (primary N) is 1. The second-order valence-electron chi connectivity index (χ2n) is 7.47. The molecule has 1 unspecified atom stereocenters. The Hall–Kier alpha value is -1.66. The number of aromatic nitrogens is 3. The molecule has 0 amide bonds. The second kappa shape index (κ2) is 6.69. The van der Waals surface area contributed by atoms with Gasteiger partial charge in [-0.2, -0.15) is 9.61 Å². The van der Waals surface area contributed by atoms with Gasteiger partial charge in [0.25, 0.3) is 0 Å². The van der Waals surface area contributed by atoms with Crippen LogP contribution in [0.1, 0.15) is 52.1 Å². The Labute approximate surface area is 143 Å². The van der Waals surface area contributed by atoms with Crippen LogP contribution in [0.25, 0.3) is 5.65 Å². The molecule has 3 rings (SSSR count). The summed E-state index contributed by atoms with van der Waals surface area (Å²) in [5, 5.41) is 4.20. The van der Waals surface area contributed by atoms with E-state index in [1.54, 1.807) is 10.7 Å². The minimum atomic E-state index is -0.508. The largest absolute Gasteiger partial charge is 0.384 e. The number of nitrogen functional groups attached to an aromatic ring is 1. The highest BCUT2D eigenvalue weighted by molar-refractivity contribution is 5.47. The first-order valence-electron chi connectivity index (χ1n) is 8.78. The molecule has 2 aromatic rings. The smallest absolute Gasteiger partial charge is 0.169 e. The summed E-state index contributed by atoms with van der Waals surface area (Å²) in [5.41, 5.74) is 7.92. The summed E-state index contributed by atoms with van der Waals surface area (Å²) in [4.78, 5) is 4.78. The zero-order chi connectivity index (χ0) is 17.3. The first kappa shape index (κ1) is 17.2. The van der Waals surface area contributed by atoms with Crippen LogP contribution in [-0.4, -0.2) is 33.6 Å². The van der Waals surface area contributed by atoms with Gasteiger partial charge in [-0.15, -0.1) is 0 Å². The molecule has 0 bridgehead atoms. The van der Waals surface area contributed by atoms with Crippen molar-refractivity contribution in [2.75, 3.05) is 18.9 Å². The van der Waals surface area contributed by atoms with E-state index in [0.29, 0.717) is 30.9 Å². The van der Waals surface area contributed by atoms with Crippen molar-refractivity contribution in [2.24, 2.45) is 11.8 Å². The fraction of sp³-hybridized carbons (Fsp3) is 0.667. The van der Waals surface area contributed by atoms with Crippen molar-refractivity contribution in [1.82, 2.24) is 14.6 Å². The van der Waals surface area contributed by atoms with Gasteiger partial charge in [0, 0.05) is 30.9 Å². The topological polar surface area (TPSA) is 74.7 Å². The van der Waals surface area contributed by atoms with Gasteiger partial charge in [-0.05, 0) is 11.8 Å². The molecule has 0 aliphatic carbocycles.